The number of aromatic nitrogens is 1. The Hall–Kier alpha value is -3.06. The molecule has 2 aliphatic rings. The number of rotatable bonds is 11. The van der Waals surface area contributed by atoms with E-state index in [1.54, 1.807) is 7.11 Å². The summed E-state index contributed by atoms with van der Waals surface area (Å²) in [5.41, 5.74) is 4.07. The molecule has 0 saturated carbocycles. The minimum absolute atomic E-state index is 0.220. The second-order valence-electron chi connectivity index (χ2n) is 11.1. The van der Waals surface area contributed by atoms with Gasteiger partial charge in [0.15, 0.2) is 0 Å². The number of fused-ring (bicyclic) bond motifs is 3. The number of hydrogen-bond acceptors (Lipinski definition) is 5. The van der Waals surface area contributed by atoms with Gasteiger partial charge in [-0.2, -0.15) is 0 Å². The Bertz CT molecular complexity index is 1460. The van der Waals surface area contributed by atoms with E-state index < -0.39 is 5.92 Å². The first kappa shape index (κ1) is 27.1. The molecule has 5 nitrogen and oxygen atoms in total. The van der Waals surface area contributed by atoms with Gasteiger partial charge in [-0.15, -0.1) is 0 Å². The molecule has 0 amide bonds. The smallest absolute Gasteiger partial charge is 0.217 e. The Morgan fingerprint density at radius 1 is 0.950 bits per heavy atom. The van der Waals surface area contributed by atoms with Gasteiger partial charge >= 0.3 is 0 Å². The maximum atomic E-state index is 13.8. The molecule has 1 aromatic heterocycles. The zero-order chi connectivity index (χ0) is 27.5. The van der Waals surface area contributed by atoms with Crippen molar-refractivity contribution in [2.75, 3.05) is 26.7 Å². The number of hydrogen-bond donors (Lipinski definition) is 0. The van der Waals surface area contributed by atoms with E-state index in [2.05, 4.69) is 62.1 Å². The van der Waals surface area contributed by atoms with Gasteiger partial charge in [-0.25, -0.2) is 4.98 Å². The van der Waals surface area contributed by atoms with Crippen molar-refractivity contribution in [2.45, 2.75) is 50.2 Å². The number of ketones is 1. The average molecular weight is 599 g/mol. The van der Waals surface area contributed by atoms with E-state index >= 15 is 0 Å². The summed E-state index contributed by atoms with van der Waals surface area (Å²) in [7, 11) is 1.63. The summed E-state index contributed by atoms with van der Waals surface area (Å²) in [6.45, 7) is 4.42. The van der Waals surface area contributed by atoms with Crippen LogP contribution in [-0.2, 0) is 11.3 Å². The molecule has 3 unspecified atom stereocenters. The Morgan fingerprint density at radius 3 is 2.40 bits per heavy atom. The number of methoxy groups -OCH3 is 1. The summed E-state index contributed by atoms with van der Waals surface area (Å²) < 4.78 is 6.70. The number of benzene rings is 3. The number of Topliss-reactive ketones (excluding diaryl/α,β-unsaturated/α-hetero) is 1. The molecule has 4 aromatic rings. The van der Waals surface area contributed by atoms with Gasteiger partial charge in [0.25, 0.3) is 0 Å². The van der Waals surface area contributed by atoms with Gasteiger partial charge in [0.2, 0.25) is 5.88 Å². The third-order valence-corrected chi connectivity index (χ3v) is 9.04. The number of unbranched alkanes of at least 4 members (excludes halogenated alkanes) is 1. The highest BCUT2D eigenvalue weighted by Gasteiger charge is 2.42. The third-order valence-electron chi connectivity index (χ3n) is 8.54. The van der Waals surface area contributed by atoms with Gasteiger partial charge < -0.3 is 4.74 Å². The van der Waals surface area contributed by atoms with Crippen molar-refractivity contribution in [1.29, 1.82) is 0 Å². The lowest BCUT2D eigenvalue weighted by atomic mass is 9.85. The Morgan fingerprint density at radius 2 is 1.68 bits per heavy atom. The lowest BCUT2D eigenvalue weighted by Gasteiger charge is -2.34. The average Bonchev–Trinajstić information content (AvgIpc) is 3.56. The van der Waals surface area contributed by atoms with Crippen LogP contribution in [-0.4, -0.2) is 59.4 Å². The van der Waals surface area contributed by atoms with E-state index in [1.165, 1.54) is 12.0 Å². The van der Waals surface area contributed by atoms with Crippen LogP contribution < -0.4 is 4.74 Å². The van der Waals surface area contributed by atoms with Crippen LogP contribution in [0.2, 0.25) is 0 Å². The number of nitrogens with zero attached hydrogens (tertiary/aromatic N) is 3. The number of ether oxygens (including phenoxy) is 1. The fourth-order valence-electron chi connectivity index (χ4n) is 6.58. The molecule has 6 heteroatoms. The van der Waals surface area contributed by atoms with Crippen LogP contribution in [0.4, 0.5) is 0 Å². The second-order valence-corrected chi connectivity index (χ2v) is 12.1. The van der Waals surface area contributed by atoms with Crippen molar-refractivity contribution in [3.05, 3.63) is 106 Å². The maximum absolute atomic E-state index is 13.8. The fourth-order valence-corrected chi connectivity index (χ4v) is 6.96. The first-order valence-corrected chi connectivity index (χ1v) is 15.1. The third kappa shape index (κ3) is 5.85. The van der Waals surface area contributed by atoms with Crippen LogP contribution in [0.25, 0.3) is 10.9 Å². The molecule has 3 atom stereocenters. The van der Waals surface area contributed by atoms with Crippen molar-refractivity contribution in [3.8, 4) is 5.88 Å². The molecule has 2 fully saturated rings. The van der Waals surface area contributed by atoms with E-state index in [1.807, 2.05) is 48.5 Å². The number of piperazine rings is 1. The number of halogens is 1. The van der Waals surface area contributed by atoms with Crippen molar-refractivity contribution in [3.63, 3.8) is 0 Å². The Kier molecular flexibility index (Phi) is 8.28. The summed E-state index contributed by atoms with van der Waals surface area (Å²) in [6, 6.07) is 30.2. The minimum atomic E-state index is -0.402. The molecule has 2 aliphatic heterocycles. The molecule has 0 aliphatic carbocycles. The van der Waals surface area contributed by atoms with E-state index in [0.717, 1.165) is 65.5 Å². The summed E-state index contributed by atoms with van der Waals surface area (Å²) >= 11 is 3.57. The van der Waals surface area contributed by atoms with Gasteiger partial charge in [-0.05, 0) is 61.2 Å². The number of pyridine rings is 1. The molecule has 40 heavy (non-hydrogen) atoms. The maximum Gasteiger partial charge on any atom is 0.217 e. The topological polar surface area (TPSA) is 45.7 Å². The molecule has 206 valence electrons. The second kappa shape index (κ2) is 12.2. The Labute approximate surface area is 245 Å². The van der Waals surface area contributed by atoms with Crippen molar-refractivity contribution in [2.24, 2.45) is 0 Å². The van der Waals surface area contributed by atoms with Crippen LogP contribution in [0.3, 0.4) is 0 Å². The van der Waals surface area contributed by atoms with Crippen LogP contribution in [0.1, 0.15) is 48.3 Å². The van der Waals surface area contributed by atoms with Crippen molar-refractivity contribution < 1.29 is 9.53 Å². The van der Waals surface area contributed by atoms with Gasteiger partial charge in [0.1, 0.15) is 5.78 Å². The molecule has 2 bridgehead atoms. The quantitative estimate of drug-likeness (QED) is 0.177. The van der Waals surface area contributed by atoms with Crippen LogP contribution >= 0.6 is 15.9 Å². The SMILES string of the molecule is COc1nc2ccc(Br)cc2cc1C(C(=O)CCCCN1CC2CC1CN2Cc1ccccc1)c1ccccc1. The summed E-state index contributed by atoms with van der Waals surface area (Å²) in [5, 5.41) is 0.990. The zero-order valence-electron chi connectivity index (χ0n) is 23.0. The van der Waals surface area contributed by atoms with Gasteiger partial charge in [0.05, 0.1) is 18.5 Å². The van der Waals surface area contributed by atoms with E-state index in [4.69, 9.17) is 9.72 Å². The highest BCUT2D eigenvalue weighted by molar-refractivity contribution is 9.10. The molecule has 0 N–H and O–H groups in total. The lowest BCUT2D eigenvalue weighted by molar-refractivity contribution is -0.119. The van der Waals surface area contributed by atoms with Crippen molar-refractivity contribution in [1.82, 2.24) is 14.8 Å². The number of likely N-dealkylation sites (tertiary alicyclic amines) is 2. The summed E-state index contributed by atoms with van der Waals surface area (Å²) in [4.78, 5) is 23.9. The summed E-state index contributed by atoms with van der Waals surface area (Å²) in [6.07, 6.45) is 3.74. The molecule has 2 saturated heterocycles. The van der Waals surface area contributed by atoms with E-state index in [-0.39, 0.29) is 5.78 Å². The predicted molar refractivity (Wildman–Crippen MR) is 164 cm³/mol. The molecule has 0 spiro atoms. The highest BCUT2D eigenvalue weighted by atomic mass is 79.9. The predicted octanol–water partition coefficient (Wildman–Crippen LogP) is 6.84. The first-order valence-electron chi connectivity index (χ1n) is 14.3. The van der Waals surface area contributed by atoms with Crippen molar-refractivity contribution >= 4 is 32.6 Å². The zero-order valence-corrected chi connectivity index (χ0v) is 24.6. The fraction of sp³-hybridized carbons (Fsp3) is 0.353. The standard InChI is InChI=1S/C34H36BrN3O2/c1-40-34-30(19-26-18-27(35)15-16-31(26)36-34)33(25-12-6-3-7-13-25)32(39)14-8-9-17-37-22-29-20-28(37)23-38(29)21-24-10-4-2-5-11-24/h2-7,10-13,15-16,18-19,28-29,33H,8-9,14,17,20-23H2,1H3. The normalized spacial score (nSPS) is 19.8. The Balaban J connectivity index is 1.09. The molecule has 6 rings (SSSR count). The van der Waals surface area contributed by atoms with Crippen LogP contribution in [0.15, 0.2) is 89.4 Å². The number of carbonyl (C=O) groups excluding carboxylic acids is 1. The van der Waals surface area contributed by atoms with Gasteiger partial charge in [-0.1, -0.05) is 76.6 Å². The molecular formula is C34H36BrN3O2. The summed E-state index contributed by atoms with van der Waals surface area (Å²) in [5.74, 6) is 0.337. The first-order chi connectivity index (χ1) is 19.6. The number of carbonyl (C=O) groups is 1. The largest absolute Gasteiger partial charge is 0.481 e. The highest BCUT2D eigenvalue weighted by Crippen LogP contribution is 2.36. The van der Waals surface area contributed by atoms with Gasteiger partial charge in [0, 0.05) is 53.6 Å². The molecular weight excluding hydrogens is 562 g/mol. The van der Waals surface area contributed by atoms with E-state index in [0.29, 0.717) is 24.4 Å². The monoisotopic (exact) mass is 597 g/mol. The van der Waals surface area contributed by atoms with Crippen LogP contribution in [0, 0.1) is 0 Å². The van der Waals surface area contributed by atoms with Gasteiger partial charge in [-0.3, -0.25) is 14.6 Å². The molecule has 3 heterocycles. The van der Waals surface area contributed by atoms with Crippen LogP contribution in [0.5, 0.6) is 5.88 Å². The molecule has 0 radical (unpaired) electrons. The lowest BCUT2D eigenvalue weighted by Crippen LogP contribution is -2.46. The minimum Gasteiger partial charge on any atom is -0.481 e. The van der Waals surface area contributed by atoms with E-state index in [9.17, 15) is 4.79 Å². The molecule has 3 aromatic carbocycles.